The minimum atomic E-state index is -0.432. The number of hydrogen-bond acceptors (Lipinski definition) is 4. The summed E-state index contributed by atoms with van der Waals surface area (Å²) in [5.41, 5.74) is 4.19. The number of nitrogens with one attached hydrogen (secondary N) is 2. The quantitative estimate of drug-likeness (QED) is 0.432. The van der Waals surface area contributed by atoms with E-state index in [4.69, 9.17) is 11.6 Å². The standard InChI is InChI=1S/C23H17ClN4O2/c1-14-13-25-20-9-8-16(11-21(20)26-14)22(29)15-4-2-6-18(10-15)27-23(30)28-19-7-3-5-17(24)12-19/h2-13H,1H3,(H2,27,28,30). The van der Waals surface area contributed by atoms with Gasteiger partial charge in [0.25, 0.3) is 0 Å². The fourth-order valence-electron chi connectivity index (χ4n) is 3.01. The summed E-state index contributed by atoms with van der Waals surface area (Å²) in [6, 6.07) is 18.4. The van der Waals surface area contributed by atoms with E-state index in [1.54, 1.807) is 72.9 Å². The predicted octanol–water partition coefficient (Wildman–Crippen LogP) is 5.47. The van der Waals surface area contributed by atoms with Crippen LogP contribution in [0.3, 0.4) is 0 Å². The Morgan fingerprint density at radius 2 is 1.53 bits per heavy atom. The molecule has 0 saturated carbocycles. The largest absolute Gasteiger partial charge is 0.323 e. The van der Waals surface area contributed by atoms with E-state index in [2.05, 4.69) is 20.6 Å². The topological polar surface area (TPSA) is 84.0 Å². The summed E-state index contributed by atoms with van der Waals surface area (Å²) in [5.74, 6) is -0.167. The summed E-state index contributed by atoms with van der Waals surface area (Å²) < 4.78 is 0. The maximum atomic E-state index is 13.0. The average molecular weight is 417 g/mol. The molecule has 4 rings (SSSR count). The number of urea groups is 1. The van der Waals surface area contributed by atoms with Gasteiger partial charge < -0.3 is 10.6 Å². The van der Waals surface area contributed by atoms with Crippen molar-refractivity contribution >= 4 is 45.8 Å². The number of benzene rings is 3. The second kappa shape index (κ2) is 8.31. The molecule has 30 heavy (non-hydrogen) atoms. The lowest BCUT2D eigenvalue weighted by Crippen LogP contribution is -2.19. The molecule has 2 amide bonds. The molecule has 1 aromatic heterocycles. The molecule has 148 valence electrons. The lowest BCUT2D eigenvalue weighted by Gasteiger charge is -2.09. The molecule has 3 aromatic carbocycles. The first kappa shape index (κ1) is 19.5. The highest BCUT2D eigenvalue weighted by Gasteiger charge is 2.12. The summed E-state index contributed by atoms with van der Waals surface area (Å²) in [6.07, 6.45) is 1.69. The highest BCUT2D eigenvalue weighted by atomic mass is 35.5. The molecule has 2 N–H and O–H groups in total. The van der Waals surface area contributed by atoms with Crippen molar-refractivity contribution in [1.82, 2.24) is 9.97 Å². The maximum Gasteiger partial charge on any atom is 0.323 e. The molecule has 6 nitrogen and oxygen atoms in total. The third-order valence-corrected chi connectivity index (χ3v) is 4.63. The predicted molar refractivity (Wildman–Crippen MR) is 118 cm³/mol. The number of amides is 2. The maximum absolute atomic E-state index is 13.0. The Labute approximate surface area is 177 Å². The van der Waals surface area contributed by atoms with Crippen molar-refractivity contribution in [2.45, 2.75) is 6.92 Å². The average Bonchev–Trinajstić information content (AvgIpc) is 2.72. The van der Waals surface area contributed by atoms with Gasteiger partial charge in [0, 0.05) is 33.7 Å². The molecule has 0 aliphatic rings. The second-order valence-corrected chi connectivity index (χ2v) is 7.15. The summed E-state index contributed by atoms with van der Waals surface area (Å²) in [5, 5.41) is 5.95. The molecule has 0 unspecified atom stereocenters. The molecule has 1 heterocycles. The van der Waals surface area contributed by atoms with E-state index in [-0.39, 0.29) is 5.78 Å². The van der Waals surface area contributed by atoms with E-state index >= 15 is 0 Å². The van der Waals surface area contributed by atoms with Crippen LogP contribution in [0.25, 0.3) is 11.0 Å². The highest BCUT2D eigenvalue weighted by molar-refractivity contribution is 6.30. The number of fused-ring (bicyclic) bond motifs is 1. The van der Waals surface area contributed by atoms with Crippen LogP contribution in [0.5, 0.6) is 0 Å². The first-order chi connectivity index (χ1) is 14.5. The van der Waals surface area contributed by atoms with Gasteiger partial charge in [-0.05, 0) is 55.5 Å². The van der Waals surface area contributed by atoms with Crippen LogP contribution in [0.2, 0.25) is 5.02 Å². The second-order valence-electron chi connectivity index (χ2n) is 6.71. The number of nitrogens with zero attached hydrogens (tertiary/aromatic N) is 2. The number of aromatic nitrogens is 2. The summed E-state index contributed by atoms with van der Waals surface area (Å²) >= 11 is 5.93. The van der Waals surface area contributed by atoms with Gasteiger partial charge in [-0.25, -0.2) is 9.78 Å². The van der Waals surface area contributed by atoms with E-state index in [0.29, 0.717) is 33.0 Å². The molecule has 0 saturated heterocycles. The number of carbonyl (C=O) groups is 2. The van der Waals surface area contributed by atoms with E-state index in [9.17, 15) is 9.59 Å². The summed E-state index contributed by atoms with van der Waals surface area (Å²) in [6.45, 7) is 1.85. The zero-order valence-corrected chi connectivity index (χ0v) is 16.8. The van der Waals surface area contributed by atoms with Gasteiger partial charge in [0.05, 0.1) is 16.7 Å². The molecule has 0 aliphatic heterocycles. The minimum absolute atomic E-state index is 0.167. The first-order valence-corrected chi connectivity index (χ1v) is 9.57. The number of halogens is 1. The van der Waals surface area contributed by atoms with Gasteiger partial charge >= 0.3 is 6.03 Å². The summed E-state index contributed by atoms with van der Waals surface area (Å²) in [4.78, 5) is 33.9. The first-order valence-electron chi connectivity index (χ1n) is 9.20. The zero-order valence-electron chi connectivity index (χ0n) is 16.0. The Morgan fingerprint density at radius 3 is 2.30 bits per heavy atom. The molecule has 0 aliphatic carbocycles. The molecule has 7 heteroatoms. The Morgan fingerprint density at radius 1 is 0.833 bits per heavy atom. The minimum Gasteiger partial charge on any atom is -0.308 e. The molecule has 0 radical (unpaired) electrons. The van der Waals surface area contributed by atoms with Crippen LogP contribution in [0.1, 0.15) is 21.6 Å². The molecular formula is C23H17ClN4O2. The Balaban J connectivity index is 1.52. The van der Waals surface area contributed by atoms with Gasteiger partial charge in [-0.3, -0.25) is 9.78 Å². The van der Waals surface area contributed by atoms with Crippen LogP contribution in [0.4, 0.5) is 16.2 Å². The third kappa shape index (κ3) is 4.45. The highest BCUT2D eigenvalue weighted by Crippen LogP contribution is 2.19. The van der Waals surface area contributed by atoms with Crippen molar-refractivity contribution in [2.24, 2.45) is 0 Å². The van der Waals surface area contributed by atoms with Crippen molar-refractivity contribution in [1.29, 1.82) is 0 Å². The SMILES string of the molecule is Cc1cnc2ccc(C(=O)c3cccc(NC(=O)Nc4cccc(Cl)c4)c3)cc2n1. The van der Waals surface area contributed by atoms with Crippen LogP contribution in [-0.4, -0.2) is 21.8 Å². The Hall–Kier alpha value is -3.77. The molecular weight excluding hydrogens is 400 g/mol. The summed E-state index contributed by atoms with van der Waals surface area (Å²) in [7, 11) is 0. The van der Waals surface area contributed by atoms with Crippen molar-refractivity contribution in [3.05, 3.63) is 94.8 Å². The number of hydrogen-bond donors (Lipinski definition) is 2. The van der Waals surface area contributed by atoms with Gasteiger partial charge in [-0.1, -0.05) is 29.8 Å². The van der Waals surface area contributed by atoms with Crippen LogP contribution < -0.4 is 10.6 Å². The number of aryl methyl sites for hydroxylation is 1. The van der Waals surface area contributed by atoms with Gasteiger partial charge in [0.2, 0.25) is 0 Å². The van der Waals surface area contributed by atoms with E-state index in [1.807, 2.05) is 6.92 Å². The van der Waals surface area contributed by atoms with Crippen LogP contribution in [0.15, 0.2) is 72.9 Å². The fourth-order valence-corrected chi connectivity index (χ4v) is 3.20. The lowest BCUT2D eigenvalue weighted by molar-refractivity contribution is 0.103. The molecule has 0 fully saturated rings. The number of carbonyl (C=O) groups excluding carboxylic acids is 2. The number of rotatable bonds is 4. The molecule has 4 aromatic rings. The third-order valence-electron chi connectivity index (χ3n) is 4.39. The normalized spacial score (nSPS) is 10.6. The van der Waals surface area contributed by atoms with Gasteiger partial charge in [-0.2, -0.15) is 0 Å². The van der Waals surface area contributed by atoms with Crippen LogP contribution >= 0.6 is 11.6 Å². The number of anilines is 2. The molecule has 0 spiro atoms. The van der Waals surface area contributed by atoms with Gasteiger partial charge in [0.1, 0.15) is 0 Å². The Bertz CT molecular complexity index is 1270. The lowest BCUT2D eigenvalue weighted by atomic mass is 10.0. The van der Waals surface area contributed by atoms with Gasteiger partial charge in [0.15, 0.2) is 5.78 Å². The van der Waals surface area contributed by atoms with E-state index in [1.165, 1.54) is 0 Å². The van der Waals surface area contributed by atoms with Crippen molar-refractivity contribution < 1.29 is 9.59 Å². The number of ketones is 1. The van der Waals surface area contributed by atoms with Crippen molar-refractivity contribution in [3.8, 4) is 0 Å². The van der Waals surface area contributed by atoms with E-state index < -0.39 is 6.03 Å². The molecule has 0 bridgehead atoms. The Kier molecular flexibility index (Phi) is 5.41. The van der Waals surface area contributed by atoms with Gasteiger partial charge in [-0.15, -0.1) is 0 Å². The van der Waals surface area contributed by atoms with Crippen molar-refractivity contribution in [2.75, 3.05) is 10.6 Å². The fraction of sp³-hybridized carbons (Fsp3) is 0.0435. The molecule has 0 atom stereocenters. The van der Waals surface area contributed by atoms with E-state index in [0.717, 1.165) is 11.2 Å². The zero-order chi connectivity index (χ0) is 21.1. The van der Waals surface area contributed by atoms with Crippen LogP contribution in [0, 0.1) is 6.92 Å². The monoisotopic (exact) mass is 416 g/mol. The van der Waals surface area contributed by atoms with Crippen LogP contribution in [-0.2, 0) is 0 Å². The van der Waals surface area contributed by atoms with Crippen molar-refractivity contribution in [3.63, 3.8) is 0 Å². The smallest absolute Gasteiger partial charge is 0.308 e.